The second-order valence-electron chi connectivity index (χ2n) is 25.1. The summed E-state index contributed by atoms with van der Waals surface area (Å²) < 4.78 is 0. The molecule has 0 aromatic heterocycles. The third-order valence-corrected chi connectivity index (χ3v) is 47.4. The lowest BCUT2D eigenvalue weighted by Crippen LogP contribution is -2.60. The van der Waals surface area contributed by atoms with E-state index in [1.165, 1.54) is 25.7 Å². The second kappa shape index (κ2) is 14.7. The van der Waals surface area contributed by atoms with Gasteiger partial charge in [-0.1, -0.05) is 202 Å². The monoisotopic (exact) mass is 823 g/mol. The van der Waals surface area contributed by atoms with Crippen molar-refractivity contribution in [2.45, 2.75) is 210 Å². The van der Waals surface area contributed by atoms with Crippen molar-refractivity contribution in [1.29, 1.82) is 0 Å². The van der Waals surface area contributed by atoms with Gasteiger partial charge in [-0.25, -0.2) is 0 Å². The average molecular weight is 824 g/mol. The van der Waals surface area contributed by atoms with Gasteiger partial charge in [0.1, 0.15) is 8.07 Å². The van der Waals surface area contributed by atoms with Gasteiger partial charge in [-0.3, -0.25) is 0 Å². The molecule has 52 heavy (non-hydrogen) atoms. The van der Waals surface area contributed by atoms with Gasteiger partial charge in [0.05, 0.1) is 0 Å². The van der Waals surface area contributed by atoms with Crippen LogP contribution in [0.4, 0.5) is 0 Å². The number of rotatable bonds is 13. The average Bonchev–Trinajstić information content (AvgIpc) is 3.56. The smallest absolute Gasteiger partial charge is 0.0693 e. The molecule has 0 amide bonds. The zero-order valence-corrected chi connectivity index (χ0v) is 45.8. The van der Waals surface area contributed by atoms with Gasteiger partial charge in [0.15, 0.2) is 0 Å². The molecule has 2 aromatic rings. The van der Waals surface area contributed by atoms with Crippen LogP contribution in [-0.2, 0) is 0 Å². The van der Waals surface area contributed by atoms with E-state index in [2.05, 4.69) is 181 Å². The summed E-state index contributed by atoms with van der Waals surface area (Å²) in [6.45, 7) is 59.6. The second-order valence-corrected chi connectivity index (χ2v) is 62.9. The van der Waals surface area contributed by atoms with Crippen LogP contribution in [0.2, 0.25) is 129 Å². The van der Waals surface area contributed by atoms with Crippen LogP contribution < -0.4 is 10.4 Å². The molecule has 2 atom stereocenters. The number of hydrogen-bond acceptors (Lipinski definition) is 0. The van der Waals surface area contributed by atoms with Crippen LogP contribution in [0, 0.1) is 0 Å². The maximum atomic E-state index is 3.04. The highest BCUT2D eigenvalue weighted by Crippen LogP contribution is 2.68. The fraction of sp³-hybridized carbons (Fsp3) is 0.733. The minimum Gasteiger partial charge on any atom is -0.0693 e. The van der Waals surface area contributed by atoms with Crippen LogP contribution in [0.1, 0.15) is 109 Å². The van der Waals surface area contributed by atoms with Crippen molar-refractivity contribution in [2.24, 2.45) is 0 Å². The van der Waals surface area contributed by atoms with Gasteiger partial charge in [-0.15, -0.1) is 0 Å². The highest BCUT2D eigenvalue weighted by atomic mass is 28.4. The van der Waals surface area contributed by atoms with Crippen LogP contribution >= 0.6 is 0 Å². The summed E-state index contributed by atoms with van der Waals surface area (Å²) in [4.78, 5) is 0. The largest absolute Gasteiger partial charge is 0.125 e. The zero-order chi connectivity index (χ0) is 39.9. The molecule has 4 rings (SSSR count). The lowest BCUT2D eigenvalue weighted by molar-refractivity contribution is 0.561. The molecule has 2 fully saturated rings. The third-order valence-electron chi connectivity index (χ3n) is 13.4. The molecule has 294 valence electrons. The SMILES string of the molecule is CC(C)c1cccc(C(C)C)c1[Si]1(c2c(C([Si](C)(C)C)[Si](C)(C)C)cc(C([Si](C)(C)C)[Si](C)(C)C)cc2C([Si](C)(C)C)[Si](C)(C)C)C2CCCCC21. The first-order chi connectivity index (χ1) is 23.3. The van der Waals surface area contributed by atoms with E-state index in [0.29, 0.717) is 11.8 Å². The van der Waals surface area contributed by atoms with Crippen LogP contribution in [-0.4, -0.2) is 56.5 Å². The molecule has 1 saturated carbocycles. The van der Waals surface area contributed by atoms with Crippen LogP contribution in [0.5, 0.6) is 0 Å². The van der Waals surface area contributed by atoms with Gasteiger partial charge in [-0.05, 0) is 76.6 Å². The molecule has 0 spiro atoms. The lowest BCUT2D eigenvalue weighted by atomic mass is 9.95. The fourth-order valence-corrected chi connectivity index (χ4v) is 60.4. The Hall–Kier alpha value is -0.0418. The molecule has 0 radical (unpaired) electrons. The first-order valence-electron chi connectivity index (χ1n) is 21.6. The predicted octanol–water partition coefficient (Wildman–Crippen LogP) is 14.3. The van der Waals surface area contributed by atoms with Crippen molar-refractivity contribution >= 4 is 66.9 Å². The molecule has 1 aliphatic heterocycles. The summed E-state index contributed by atoms with van der Waals surface area (Å²) in [6.07, 6.45) is 5.85. The van der Waals surface area contributed by atoms with Gasteiger partial charge < -0.3 is 0 Å². The predicted molar refractivity (Wildman–Crippen MR) is 260 cm³/mol. The normalized spacial score (nSPS) is 22.3. The number of fused-ring (bicyclic) bond motifs is 1. The highest BCUT2D eigenvalue weighted by molar-refractivity contribution is 7.14. The van der Waals surface area contributed by atoms with Crippen molar-refractivity contribution in [3.8, 4) is 0 Å². The standard InChI is InChI=1S/C45H86Si7/c1-32(2)35-26-25-27-36(33(3)4)41(35)52(39-28-23-24-29-40(39)52)42-37(44(48(11,12)13)49(14,15)16)30-34(43(46(5,6)7)47(8,9)10)31-38(42)45(50(17,18)19)51(20,21)22/h25-27,30-33,39-40,43-45H,23-24,28-29H2,1-22H3. The minimum absolute atomic E-state index is 0.560. The molecule has 0 bridgehead atoms. The topological polar surface area (TPSA) is 0 Å². The molecule has 1 saturated heterocycles. The Kier molecular flexibility index (Phi) is 12.6. The molecule has 0 nitrogen and oxygen atoms in total. The van der Waals surface area contributed by atoms with Gasteiger partial charge in [0, 0.05) is 48.4 Å². The van der Waals surface area contributed by atoms with Crippen LogP contribution in [0.25, 0.3) is 0 Å². The molecule has 1 aliphatic carbocycles. The van der Waals surface area contributed by atoms with E-state index >= 15 is 0 Å². The summed E-state index contributed by atoms with van der Waals surface area (Å²) in [6, 6.07) is 13.7. The van der Waals surface area contributed by atoms with Crippen molar-refractivity contribution < 1.29 is 0 Å². The maximum Gasteiger partial charge on any atom is 0.125 e. The molecule has 1 heterocycles. The molecule has 2 aromatic carbocycles. The van der Waals surface area contributed by atoms with Crippen molar-refractivity contribution in [3.63, 3.8) is 0 Å². The first kappa shape index (κ1) is 44.7. The van der Waals surface area contributed by atoms with Gasteiger partial charge in [0.25, 0.3) is 0 Å². The summed E-state index contributed by atoms with van der Waals surface area (Å²) in [5.74, 6) is 1.12. The number of hydrogen-bond donors (Lipinski definition) is 0. The highest BCUT2D eigenvalue weighted by Gasteiger charge is 2.71. The van der Waals surface area contributed by atoms with Crippen LogP contribution in [0.15, 0.2) is 30.3 Å². The van der Waals surface area contributed by atoms with E-state index in [1.807, 2.05) is 21.9 Å². The Balaban J connectivity index is 2.47. The first-order valence-corrected chi connectivity index (χ1v) is 45.2. The molecular formula is C45H86Si7. The quantitative estimate of drug-likeness (QED) is 0.177. The summed E-state index contributed by atoms with van der Waals surface area (Å²) in [5.41, 5.74) is 11.0. The summed E-state index contributed by atoms with van der Waals surface area (Å²) in [7, 11) is -11.8. The lowest BCUT2D eigenvalue weighted by Gasteiger charge is -2.47. The molecule has 2 aliphatic rings. The van der Waals surface area contributed by atoms with Crippen molar-refractivity contribution in [1.82, 2.24) is 0 Å². The van der Waals surface area contributed by atoms with Gasteiger partial charge >= 0.3 is 0 Å². The molecule has 2 unspecified atom stereocenters. The Morgan fingerprint density at radius 2 is 0.731 bits per heavy atom. The Morgan fingerprint density at radius 3 is 1.00 bits per heavy atom. The maximum absolute atomic E-state index is 3.04. The third kappa shape index (κ3) is 8.46. The van der Waals surface area contributed by atoms with Crippen molar-refractivity contribution in [2.75, 3.05) is 0 Å². The van der Waals surface area contributed by atoms with E-state index in [-0.39, 0.29) is 0 Å². The van der Waals surface area contributed by atoms with E-state index in [4.69, 9.17) is 0 Å². The van der Waals surface area contributed by atoms with Gasteiger partial charge in [0.2, 0.25) is 0 Å². The van der Waals surface area contributed by atoms with E-state index < -0.39 is 56.5 Å². The zero-order valence-electron chi connectivity index (χ0n) is 38.8. The van der Waals surface area contributed by atoms with E-state index in [1.54, 1.807) is 11.1 Å². The Bertz CT molecular complexity index is 1440. The van der Waals surface area contributed by atoms with E-state index in [0.717, 1.165) is 26.6 Å². The Labute approximate surface area is 332 Å². The van der Waals surface area contributed by atoms with Crippen LogP contribution in [0.3, 0.4) is 0 Å². The molecule has 0 N–H and O–H groups in total. The van der Waals surface area contributed by atoms with E-state index in [9.17, 15) is 0 Å². The Morgan fingerprint density at radius 1 is 0.442 bits per heavy atom. The fourth-order valence-electron chi connectivity index (χ4n) is 13.6. The molecule has 7 heteroatoms. The summed E-state index contributed by atoms with van der Waals surface area (Å²) in [5, 5.41) is 6.34. The minimum atomic E-state index is -2.18. The van der Waals surface area contributed by atoms with Gasteiger partial charge in [-0.2, -0.15) is 0 Å². The summed E-state index contributed by atoms with van der Waals surface area (Å²) >= 11 is 0. The molecular weight excluding hydrogens is 737 g/mol. The van der Waals surface area contributed by atoms with Crippen molar-refractivity contribution in [3.05, 3.63) is 58.1 Å². The number of benzene rings is 2.